The van der Waals surface area contributed by atoms with E-state index in [9.17, 15) is 9.59 Å². The first-order valence-corrected chi connectivity index (χ1v) is 8.69. The van der Waals surface area contributed by atoms with Gasteiger partial charge in [-0.3, -0.25) is 9.59 Å². The first-order chi connectivity index (χ1) is 10.6. The summed E-state index contributed by atoms with van der Waals surface area (Å²) in [4.78, 5) is 26.1. The fourth-order valence-corrected chi connectivity index (χ4v) is 2.94. The maximum absolute atomic E-state index is 12.3. The molecule has 2 amide bonds. The van der Waals surface area contributed by atoms with E-state index in [1.165, 1.54) is 0 Å². The Bertz CT molecular complexity index is 508. The van der Waals surface area contributed by atoms with Crippen molar-refractivity contribution in [1.82, 2.24) is 10.2 Å². The highest BCUT2D eigenvalue weighted by Gasteiger charge is 2.26. The second-order valence-electron chi connectivity index (χ2n) is 5.75. The standard InChI is InChI=1S/C17H23BrN2O2/c1-2-9-19-17(22)14-7-10-20(11-8-14)16(21)12-13-3-5-15(18)6-4-13/h3-6,14H,2,7-12H2,1H3,(H,19,22). The number of amides is 2. The smallest absolute Gasteiger partial charge is 0.226 e. The van der Waals surface area contributed by atoms with Crippen LogP contribution in [0.5, 0.6) is 0 Å². The lowest BCUT2D eigenvalue weighted by Crippen LogP contribution is -2.43. The highest BCUT2D eigenvalue weighted by Crippen LogP contribution is 2.19. The Morgan fingerprint density at radius 1 is 1.23 bits per heavy atom. The fraction of sp³-hybridized carbons (Fsp3) is 0.529. The molecule has 0 bridgehead atoms. The first kappa shape index (κ1) is 17.0. The van der Waals surface area contributed by atoms with Crippen molar-refractivity contribution in [3.05, 3.63) is 34.3 Å². The van der Waals surface area contributed by atoms with Crippen LogP contribution in [-0.4, -0.2) is 36.3 Å². The number of halogens is 1. The van der Waals surface area contributed by atoms with Gasteiger partial charge in [-0.2, -0.15) is 0 Å². The van der Waals surface area contributed by atoms with Crippen LogP contribution in [0, 0.1) is 5.92 Å². The Morgan fingerprint density at radius 3 is 2.45 bits per heavy atom. The zero-order chi connectivity index (χ0) is 15.9. The van der Waals surface area contributed by atoms with E-state index in [0.29, 0.717) is 19.5 Å². The van der Waals surface area contributed by atoms with Crippen molar-refractivity contribution < 1.29 is 9.59 Å². The highest BCUT2D eigenvalue weighted by molar-refractivity contribution is 9.10. The van der Waals surface area contributed by atoms with Gasteiger partial charge in [-0.1, -0.05) is 35.0 Å². The highest BCUT2D eigenvalue weighted by atomic mass is 79.9. The third-order valence-electron chi connectivity index (χ3n) is 4.04. The van der Waals surface area contributed by atoms with Gasteiger partial charge in [0.15, 0.2) is 0 Å². The number of benzene rings is 1. The summed E-state index contributed by atoms with van der Waals surface area (Å²) in [5, 5.41) is 2.94. The van der Waals surface area contributed by atoms with Crippen LogP contribution in [0.4, 0.5) is 0 Å². The van der Waals surface area contributed by atoms with E-state index in [0.717, 1.165) is 35.8 Å². The lowest BCUT2D eigenvalue weighted by atomic mass is 9.95. The lowest BCUT2D eigenvalue weighted by Gasteiger charge is -2.31. The van der Waals surface area contributed by atoms with Crippen LogP contribution >= 0.6 is 15.9 Å². The van der Waals surface area contributed by atoms with Crippen LogP contribution in [0.25, 0.3) is 0 Å². The predicted octanol–water partition coefficient (Wildman–Crippen LogP) is 2.76. The number of likely N-dealkylation sites (tertiary alicyclic amines) is 1. The molecular weight excluding hydrogens is 344 g/mol. The summed E-state index contributed by atoms with van der Waals surface area (Å²) in [5.41, 5.74) is 1.02. The van der Waals surface area contributed by atoms with Gasteiger partial charge >= 0.3 is 0 Å². The molecule has 1 aromatic rings. The summed E-state index contributed by atoms with van der Waals surface area (Å²) >= 11 is 3.39. The molecule has 2 rings (SSSR count). The fourth-order valence-electron chi connectivity index (χ4n) is 2.67. The molecule has 1 aliphatic heterocycles. The second kappa shape index (κ2) is 8.32. The van der Waals surface area contributed by atoms with Gasteiger partial charge in [0.05, 0.1) is 6.42 Å². The van der Waals surface area contributed by atoms with E-state index in [1.54, 1.807) is 0 Å². The van der Waals surface area contributed by atoms with Crippen molar-refractivity contribution in [2.45, 2.75) is 32.6 Å². The van der Waals surface area contributed by atoms with Gasteiger partial charge in [0.25, 0.3) is 0 Å². The molecule has 120 valence electrons. The van der Waals surface area contributed by atoms with Crippen molar-refractivity contribution >= 4 is 27.7 Å². The van der Waals surface area contributed by atoms with Crippen molar-refractivity contribution in [2.24, 2.45) is 5.92 Å². The molecule has 0 aromatic heterocycles. The molecule has 0 spiro atoms. The summed E-state index contributed by atoms with van der Waals surface area (Å²) in [6, 6.07) is 7.83. The van der Waals surface area contributed by atoms with Gasteiger partial charge in [-0.25, -0.2) is 0 Å². The van der Waals surface area contributed by atoms with Crippen molar-refractivity contribution in [2.75, 3.05) is 19.6 Å². The maximum atomic E-state index is 12.3. The van der Waals surface area contributed by atoms with E-state index in [4.69, 9.17) is 0 Å². The van der Waals surface area contributed by atoms with Gasteiger partial charge < -0.3 is 10.2 Å². The quantitative estimate of drug-likeness (QED) is 0.870. The van der Waals surface area contributed by atoms with Crippen molar-refractivity contribution in [3.63, 3.8) is 0 Å². The summed E-state index contributed by atoms with van der Waals surface area (Å²) in [6.07, 6.45) is 2.92. The topological polar surface area (TPSA) is 49.4 Å². The first-order valence-electron chi connectivity index (χ1n) is 7.90. The predicted molar refractivity (Wildman–Crippen MR) is 90.5 cm³/mol. The minimum absolute atomic E-state index is 0.0586. The number of nitrogens with zero attached hydrogens (tertiary/aromatic N) is 1. The summed E-state index contributed by atoms with van der Waals surface area (Å²) < 4.78 is 1.02. The Labute approximate surface area is 140 Å². The third kappa shape index (κ3) is 4.83. The van der Waals surface area contributed by atoms with E-state index in [-0.39, 0.29) is 17.7 Å². The van der Waals surface area contributed by atoms with E-state index < -0.39 is 0 Å². The zero-order valence-corrected chi connectivity index (χ0v) is 14.6. The molecule has 1 aliphatic rings. The summed E-state index contributed by atoms with van der Waals surface area (Å²) in [7, 11) is 0. The van der Waals surface area contributed by atoms with Crippen molar-refractivity contribution in [1.29, 1.82) is 0 Å². The number of hydrogen-bond donors (Lipinski definition) is 1. The van der Waals surface area contributed by atoms with Gasteiger partial charge in [0.1, 0.15) is 0 Å². The van der Waals surface area contributed by atoms with Gasteiger partial charge in [0.2, 0.25) is 11.8 Å². The third-order valence-corrected chi connectivity index (χ3v) is 4.56. The molecule has 1 saturated heterocycles. The number of rotatable bonds is 5. The van der Waals surface area contributed by atoms with Gasteiger partial charge in [0, 0.05) is 30.0 Å². The molecule has 1 aromatic carbocycles. The van der Waals surface area contributed by atoms with E-state index in [1.807, 2.05) is 36.1 Å². The molecule has 5 heteroatoms. The number of carbonyl (C=O) groups excluding carboxylic acids is 2. The maximum Gasteiger partial charge on any atom is 0.226 e. The molecule has 1 fully saturated rings. The Kier molecular flexibility index (Phi) is 6.43. The monoisotopic (exact) mass is 366 g/mol. The van der Waals surface area contributed by atoms with Crippen LogP contribution in [0.2, 0.25) is 0 Å². The normalized spacial score (nSPS) is 15.6. The summed E-state index contributed by atoms with van der Waals surface area (Å²) in [6.45, 7) is 4.14. The van der Waals surface area contributed by atoms with Crippen LogP contribution in [-0.2, 0) is 16.0 Å². The van der Waals surface area contributed by atoms with Gasteiger partial charge in [-0.15, -0.1) is 0 Å². The van der Waals surface area contributed by atoms with Crippen molar-refractivity contribution in [3.8, 4) is 0 Å². The van der Waals surface area contributed by atoms with Gasteiger partial charge in [-0.05, 0) is 37.0 Å². The average molecular weight is 367 g/mol. The van der Waals surface area contributed by atoms with Crippen LogP contribution in [0.1, 0.15) is 31.7 Å². The molecule has 4 nitrogen and oxygen atoms in total. The molecule has 22 heavy (non-hydrogen) atoms. The molecule has 1 heterocycles. The molecular formula is C17H23BrN2O2. The lowest BCUT2D eigenvalue weighted by molar-refractivity contribution is -0.135. The van der Waals surface area contributed by atoms with Crippen LogP contribution in [0.15, 0.2) is 28.7 Å². The number of nitrogens with one attached hydrogen (secondary N) is 1. The zero-order valence-electron chi connectivity index (χ0n) is 13.0. The number of hydrogen-bond acceptors (Lipinski definition) is 2. The number of piperidine rings is 1. The second-order valence-corrected chi connectivity index (χ2v) is 6.67. The molecule has 1 N–H and O–H groups in total. The van der Waals surface area contributed by atoms with Crippen LogP contribution in [0.3, 0.4) is 0 Å². The molecule has 0 radical (unpaired) electrons. The van der Waals surface area contributed by atoms with E-state index in [2.05, 4.69) is 21.2 Å². The molecule has 0 aliphatic carbocycles. The Hall–Kier alpha value is -1.36. The minimum atomic E-state index is 0.0586. The minimum Gasteiger partial charge on any atom is -0.356 e. The number of carbonyl (C=O) groups is 2. The van der Waals surface area contributed by atoms with Crippen LogP contribution < -0.4 is 5.32 Å². The summed E-state index contributed by atoms with van der Waals surface area (Å²) in [5.74, 6) is 0.347. The SMILES string of the molecule is CCCNC(=O)C1CCN(C(=O)Cc2ccc(Br)cc2)CC1. The largest absolute Gasteiger partial charge is 0.356 e. The molecule has 0 atom stereocenters. The molecule has 0 unspecified atom stereocenters. The average Bonchev–Trinajstić information content (AvgIpc) is 2.55. The Balaban J connectivity index is 1.79. The Morgan fingerprint density at radius 2 is 1.86 bits per heavy atom. The van der Waals surface area contributed by atoms with E-state index >= 15 is 0 Å². The molecule has 0 saturated carbocycles.